The molecule has 4 heterocycles. The highest BCUT2D eigenvalue weighted by Crippen LogP contribution is 2.75. The lowest BCUT2D eigenvalue weighted by atomic mass is 10.0. The number of ether oxygens (including phenoxy) is 3. The normalized spacial score (nSPS) is 26.3. The average Bonchev–Trinajstić information content (AvgIpc) is 3.69. The zero-order valence-electron chi connectivity index (χ0n) is 37.3. The Hall–Kier alpha value is -4.25. The number of pyridine rings is 1. The van der Waals surface area contributed by atoms with Crippen LogP contribution in [0.5, 0.6) is 5.75 Å². The topological polar surface area (TPSA) is 190 Å². The fourth-order valence-electron chi connectivity index (χ4n) is 9.83. The smallest absolute Gasteiger partial charge is 0.408 e. The number of aliphatic hydroxyl groups is 1. The van der Waals surface area contributed by atoms with E-state index in [1.807, 2.05) is 19.2 Å². The first kappa shape index (κ1) is 48.2. The van der Waals surface area contributed by atoms with E-state index in [2.05, 4.69) is 10.6 Å². The van der Waals surface area contributed by atoms with Gasteiger partial charge in [0.25, 0.3) is 0 Å². The zero-order valence-corrected chi connectivity index (χ0v) is 39.7. The van der Waals surface area contributed by atoms with Gasteiger partial charge in [-0.05, 0) is 95.4 Å². The van der Waals surface area contributed by atoms with Gasteiger partial charge in [0, 0.05) is 47.9 Å². The number of aromatic nitrogens is 2. The van der Waals surface area contributed by atoms with E-state index < -0.39 is 84.4 Å². The predicted octanol–water partition coefficient (Wildman–Crippen LogP) is 9.16. The van der Waals surface area contributed by atoms with Crippen molar-refractivity contribution < 1.29 is 51.9 Å². The van der Waals surface area contributed by atoms with Crippen LogP contribution in [0.4, 0.5) is 18.7 Å². The fourth-order valence-corrected chi connectivity index (χ4v) is 13.6. The number of Topliss-reactive ketones (excluding diaryl/α,β-unsaturated/α-hetero) is 1. The van der Waals surface area contributed by atoms with Crippen LogP contribution in [0.2, 0.25) is 5.02 Å². The molecule has 4 fully saturated rings. The number of amides is 2. The number of thiazole rings is 1. The number of nitrogens with zero attached hydrogens (tertiary/aromatic N) is 3. The summed E-state index contributed by atoms with van der Waals surface area (Å²) in [6.45, 7) is 5.45. The number of carbonyl (C=O) groups is 3. The van der Waals surface area contributed by atoms with Crippen molar-refractivity contribution in [3.05, 3.63) is 69.6 Å². The molecule has 0 spiro atoms. The first-order chi connectivity index (χ1) is 31.6. The summed E-state index contributed by atoms with van der Waals surface area (Å²) in [5.74, 6) is -3.11. The van der Waals surface area contributed by atoms with Gasteiger partial charge >= 0.3 is 6.09 Å². The van der Waals surface area contributed by atoms with Crippen molar-refractivity contribution in [1.82, 2.24) is 20.2 Å². The Bertz CT molecular complexity index is 2490. The zero-order chi connectivity index (χ0) is 46.9. The van der Waals surface area contributed by atoms with Crippen LogP contribution < -0.4 is 15.4 Å². The van der Waals surface area contributed by atoms with Gasteiger partial charge in [0.15, 0.2) is 10.9 Å². The molecule has 19 heteroatoms. The molecule has 2 aromatic heterocycles. The summed E-state index contributed by atoms with van der Waals surface area (Å²) in [7, 11) is -4.49. The number of nitrogens with one attached hydrogen (secondary N) is 2. The third-order valence-electron chi connectivity index (χ3n) is 13.5. The van der Waals surface area contributed by atoms with Crippen molar-refractivity contribution in [3.63, 3.8) is 0 Å². The SMILES string of the molecule is CC(C)Nc1nc(-c2cc(O[C@@H]3C[C@H]4C(=O)C[C@]5(P(=O)(O)Cc6c(F)cccc6F)C[C@@H]5CCCCCOC(C)[C@H](NC(=O)OC5CCCC5)C(=O)N4C3)c3ccc(CO)c(Cl)c3n2)cs1. The van der Waals surface area contributed by atoms with Gasteiger partial charge < -0.3 is 39.7 Å². The summed E-state index contributed by atoms with van der Waals surface area (Å²) in [4.78, 5) is 66.3. The molecular formula is C47H57ClF2N5O9PS. The maximum atomic E-state index is 15.0. The molecule has 8 rings (SSSR count). The second-order valence-electron chi connectivity index (χ2n) is 18.5. The Morgan fingerprint density at radius 2 is 1.80 bits per heavy atom. The second-order valence-corrected chi connectivity index (χ2v) is 22.3. The number of rotatable bonds is 11. The highest BCUT2D eigenvalue weighted by atomic mass is 35.5. The van der Waals surface area contributed by atoms with Gasteiger partial charge in [0.05, 0.1) is 52.8 Å². The molecule has 2 saturated heterocycles. The molecule has 4 aliphatic rings. The van der Waals surface area contributed by atoms with Crippen molar-refractivity contribution in [2.45, 2.75) is 146 Å². The monoisotopic (exact) mass is 971 g/mol. The molecule has 2 aliphatic heterocycles. The lowest BCUT2D eigenvalue weighted by Gasteiger charge is -2.32. The Morgan fingerprint density at radius 1 is 1.06 bits per heavy atom. The summed E-state index contributed by atoms with van der Waals surface area (Å²) in [6.07, 6.45) is 1.86. The van der Waals surface area contributed by atoms with Crippen molar-refractivity contribution in [2.75, 3.05) is 18.5 Å². The van der Waals surface area contributed by atoms with Crippen molar-refractivity contribution in [3.8, 4) is 17.1 Å². The van der Waals surface area contributed by atoms with Crippen LogP contribution in [0, 0.1) is 17.6 Å². The first-order valence-corrected chi connectivity index (χ1v) is 26.0. The number of fused-ring (bicyclic) bond motifs is 3. The molecule has 0 bridgehead atoms. The molecule has 14 nitrogen and oxygen atoms in total. The Labute approximate surface area is 391 Å². The lowest BCUT2D eigenvalue weighted by molar-refractivity contribution is -0.142. The quantitative estimate of drug-likeness (QED) is 0.105. The van der Waals surface area contributed by atoms with E-state index in [-0.39, 0.29) is 55.7 Å². The largest absolute Gasteiger partial charge is 0.488 e. The highest BCUT2D eigenvalue weighted by molar-refractivity contribution is 7.59. The Balaban J connectivity index is 1.16. The average molecular weight is 972 g/mol. The van der Waals surface area contributed by atoms with Crippen LogP contribution in [0.15, 0.2) is 41.8 Å². The number of carbonyl (C=O) groups excluding carboxylic acids is 3. The summed E-state index contributed by atoms with van der Waals surface area (Å²) in [5, 5.41) is 17.9. The maximum Gasteiger partial charge on any atom is 0.408 e. The van der Waals surface area contributed by atoms with Gasteiger partial charge in [-0.1, -0.05) is 36.6 Å². The van der Waals surface area contributed by atoms with E-state index >= 15 is 18.4 Å². The fraction of sp³-hybridized carbons (Fsp3) is 0.553. The molecule has 4 N–H and O–H groups in total. The minimum atomic E-state index is -4.49. The van der Waals surface area contributed by atoms with Gasteiger partial charge in [-0.2, -0.15) is 0 Å². The third kappa shape index (κ3) is 10.3. The number of hydrogen-bond acceptors (Lipinski definition) is 12. The van der Waals surface area contributed by atoms with E-state index in [9.17, 15) is 19.4 Å². The van der Waals surface area contributed by atoms with Gasteiger partial charge in [-0.15, -0.1) is 11.3 Å². The number of aliphatic hydroxyl groups excluding tert-OH is 1. The lowest BCUT2D eigenvalue weighted by Crippen LogP contribution is -2.57. The molecule has 66 heavy (non-hydrogen) atoms. The molecule has 0 radical (unpaired) electrons. The van der Waals surface area contributed by atoms with Gasteiger partial charge in [-0.25, -0.2) is 23.5 Å². The van der Waals surface area contributed by atoms with Gasteiger partial charge in [0.2, 0.25) is 13.3 Å². The van der Waals surface area contributed by atoms with Gasteiger partial charge in [0.1, 0.15) is 41.3 Å². The standard InChI is InChI=1S/C47H57ClF2N5O9PS/c1-26(2)51-45-53-37(25-66-45)36-19-40(32-16-15-28(23-56)41(48)43(32)52-36)63-31-18-38-39(57)21-47(65(60,61)24-33-34(49)13-9-14-35(33)50)20-29(47)10-5-4-8-17-62-27(3)42(44(58)55(38)22-31)54-46(59)64-30-11-6-7-12-30/h9,13-16,19,25-27,29-31,38,42,56H,4-8,10-12,17-18,20-24H2,1-3H3,(H,51,53)(H,54,59)(H,60,61)/t27?,29-,31+,38-,42-,47+/m0/s1. The summed E-state index contributed by atoms with van der Waals surface area (Å²) in [5.41, 5.74) is 1.22. The van der Waals surface area contributed by atoms with Crippen LogP contribution in [-0.2, 0) is 36.4 Å². The molecule has 7 atom stereocenters. The van der Waals surface area contributed by atoms with E-state index in [0.717, 1.165) is 25.0 Å². The molecule has 2 amide bonds. The molecular weight excluding hydrogens is 915 g/mol. The summed E-state index contributed by atoms with van der Waals surface area (Å²) >= 11 is 8.24. The molecule has 4 aromatic rings. The van der Waals surface area contributed by atoms with E-state index in [0.29, 0.717) is 77.3 Å². The number of ketones is 1. The van der Waals surface area contributed by atoms with E-state index in [1.54, 1.807) is 25.1 Å². The third-order valence-corrected chi connectivity index (χ3v) is 17.5. The van der Waals surface area contributed by atoms with Crippen LogP contribution in [-0.4, -0.2) is 97.4 Å². The van der Waals surface area contributed by atoms with Crippen molar-refractivity contribution in [2.24, 2.45) is 5.92 Å². The van der Waals surface area contributed by atoms with Crippen LogP contribution in [0.1, 0.15) is 103 Å². The van der Waals surface area contributed by atoms with Crippen LogP contribution >= 0.6 is 30.3 Å². The van der Waals surface area contributed by atoms with E-state index in [1.165, 1.54) is 22.3 Å². The minimum absolute atomic E-state index is 0.0434. The number of benzene rings is 2. The molecule has 356 valence electrons. The predicted molar refractivity (Wildman–Crippen MR) is 247 cm³/mol. The van der Waals surface area contributed by atoms with E-state index in [4.69, 9.17) is 35.8 Å². The van der Waals surface area contributed by atoms with Gasteiger partial charge in [-0.3, -0.25) is 14.2 Å². The number of hydrogen-bond donors (Lipinski definition) is 4. The number of halogens is 3. The number of anilines is 1. The summed E-state index contributed by atoms with van der Waals surface area (Å²) < 4.78 is 63.3. The Morgan fingerprint density at radius 3 is 2.53 bits per heavy atom. The first-order valence-electron chi connectivity index (χ1n) is 22.9. The minimum Gasteiger partial charge on any atom is -0.488 e. The Kier molecular flexibility index (Phi) is 14.7. The van der Waals surface area contributed by atoms with Crippen LogP contribution in [0.3, 0.4) is 0 Å². The molecule has 2 saturated carbocycles. The van der Waals surface area contributed by atoms with Crippen molar-refractivity contribution in [1.29, 1.82) is 0 Å². The van der Waals surface area contributed by atoms with Crippen LogP contribution in [0.25, 0.3) is 22.3 Å². The second kappa shape index (κ2) is 20.1. The highest BCUT2D eigenvalue weighted by Gasteiger charge is 2.66. The molecule has 2 aromatic carbocycles. The van der Waals surface area contributed by atoms with Crippen molar-refractivity contribution >= 4 is 64.1 Å². The molecule has 2 aliphatic carbocycles. The number of alkyl carbamates (subject to hydrolysis) is 1. The molecule has 2 unspecified atom stereocenters. The summed E-state index contributed by atoms with van der Waals surface area (Å²) in [6, 6.07) is 5.99. The maximum absolute atomic E-state index is 15.0.